The highest BCUT2D eigenvalue weighted by molar-refractivity contribution is 6.11. The second kappa shape index (κ2) is 8.54. The van der Waals surface area contributed by atoms with Gasteiger partial charge in [0.05, 0.1) is 30.9 Å². The number of fused-ring (bicyclic) bond motifs is 1. The lowest BCUT2D eigenvalue weighted by molar-refractivity contribution is -0.134. The van der Waals surface area contributed by atoms with Crippen molar-refractivity contribution in [2.24, 2.45) is 4.99 Å². The number of benzene rings is 2. The molecule has 1 fully saturated rings. The molecule has 1 aromatic heterocycles. The van der Waals surface area contributed by atoms with Crippen molar-refractivity contribution in [2.75, 3.05) is 20.3 Å². The van der Waals surface area contributed by atoms with Crippen molar-refractivity contribution in [1.82, 2.24) is 14.5 Å². The number of hydrogen-bond donors (Lipinski definition) is 0. The maximum absolute atomic E-state index is 13.4. The summed E-state index contributed by atoms with van der Waals surface area (Å²) in [7, 11) is 1.62. The van der Waals surface area contributed by atoms with Crippen molar-refractivity contribution in [3.8, 4) is 11.4 Å². The van der Waals surface area contributed by atoms with Gasteiger partial charge in [-0.15, -0.1) is 0 Å². The third-order valence-corrected chi connectivity index (χ3v) is 5.79. The minimum absolute atomic E-state index is 0.0773. The van der Waals surface area contributed by atoms with Gasteiger partial charge in [-0.3, -0.25) is 14.7 Å². The summed E-state index contributed by atoms with van der Waals surface area (Å²) in [6.45, 7) is 2.40. The van der Waals surface area contributed by atoms with E-state index in [1.54, 1.807) is 30.5 Å². The maximum Gasteiger partial charge on any atom is 0.266 e. The summed E-state index contributed by atoms with van der Waals surface area (Å²) >= 11 is 0. The number of halogens is 1. The topological polar surface area (TPSA) is 69.0 Å². The molecule has 2 aromatic carbocycles. The summed E-state index contributed by atoms with van der Waals surface area (Å²) in [6.07, 6.45) is 6.19. The van der Waals surface area contributed by atoms with Crippen LogP contribution in [-0.2, 0) is 9.53 Å². The highest BCUT2D eigenvalue weighted by Gasteiger charge is 2.38. The van der Waals surface area contributed by atoms with Gasteiger partial charge in [0.1, 0.15) is 11.6 Å². The Morgan fingerprint density at radius 1 is 1.21 bits per heavy atom. The molecule has 1 amide bonds. The Morgan fingerprint density at radius 2 is 2.03 bits per heavy atom. The third kappa shape index (κ3) is 4.00. The SMILES string of the molecule is COc1cc(/C=C2\OCC(=O)N3C2=NCCC3c2ccc(F)cc2)ccc1-n1cnc(C)c1. The first-order chi connectivity index (χ1) is 16.0. The first-order valence-electron chi connectivity index (χ1n) is 10.7. The number of ether oxygens (including phenoxy) is 2. The van der Waals surface area contributed by atoms with Gasteiger partial charge in [0, 0.05) is 12.7 Å². The number of morpholine rings is 1. The number of nitrogens with zero attached hydrogens (tertiary/aromatic N) is 4. The highest BCUT2D eigenvalue weighted by Crippen LogP contribution is 2.34. The number of carbonyl (C=O) groups is 1. The van der Waals surface area contributed by atoms with Crippen molar-refractivity contribution in [2.45, 2.75) is 19.4 Å². The van der Waals surface area contributed by atoms with Crippen molar-refractivity contribution in [3.05, 3.63) is 83.4 Å². The Bertz CT molecular complexity index is 1260. The Hall–Kier alpha value is -3.94. The van der Waals surface area contributed by atoms with Crippen molar-refractivity contribution in [1.29, 1.82) is 0 Å². The molecule has 0 saturated carbocycles. The van der Waals surface area contributed by atoms with Crippen LogP contribution in [0, 0.1) is 12.7 Å². The maximum atomic E-state index is 13.4. The molecule has 3 heterocycles. The fraction of sp³-hybridized carbons (Fsp3) is 0.240. The predicted octanol–water partition coefficient (Wildman–Crippen LogP) is 4.07. The number of hydrogen-bond acceptors (Lipinski definition) is 5. The summed E-state index contributed by atoms with van der Waals surface area (Å²) in [5, 5.41) is 0. The van der Waals surface area contributed by atoms with Crippen LogP contribution in [0.3, 0.4) is 0 Å². The van der Waals surface area contributed by atoms with E-state index in [2.05, 4.69) is 9.98 Å². The predicted molar refractivity (Wildman–Crippen MR) is 122 cm³/mol. The van der Waals surface area contributed by atoms with Crippen LogP contribution in [0.4, 0.5) is 4.39 Å². The molecule has 0 radical (unpaired) electrons. The zero-order valence-corrected chi connectivity index (χ0v) is 18.4. The van der Waals surface area contributed by atoms with Gasteiger partial charge in [0.25, 0.3) is 5.91 Å². The van der Waals surface area contributed by atoms with Crippen LogP contribution in [0.5, 0.6) is 5.75 Å². The Kier molecular flexibility index (Phi) is 5.42. The molecular weight excluding hydrogens is 423 g/mol. The number of aliphatic imine (C=N–C) groups is 1. The number of aryl methyl sites for hydroxylation is 1. The van der Waals surface area contributed by atoms with E-state index in [4.69, 9.17) is 9.47 Å². The third-order valence-electron chi connectivity index (χ3n) is 5.79. The van der Waals surface area contributed by atoms with E-state index in [1.807, 2.05) is 42.0 Å². The zero-order valence-electron chi connectivity index (χ0n) is 18.4. The number of imidazole rings is 1. The summed E-state index contributed by atoms with van der Waals surface area (Å²) in [6, 6.07) is 11.9. The van der Waals surface area contributed by atoms with Crippen molar-refractivity contribution in [3.63, 3.8) is 0 Å². The summed E-state index contributed by atoms with van der Waals surface area (Å²) in [5.74, 6) is 1.24. The lowest BCUT2D eigenvalue weighted by Crippen LogP contribution is -2.49. The lowest BCUT2D eigenvalue weighted by Gasteiger charge is -2.39. The van der Waals surface area contributed by atoms with Crippen LogP contribution in [0.1, 0.15) is 29.3 Å². The zero-order chi connectivity index (χ0) is 22.9. The Balaban J connectivity index is 1.48. The normalized spacial score (nSPS) is 19.2. The first-order valence-corrected chi connectivity index (χ1v) is 10.7. The first kappa shape index (κ1) is 20.9. The monoisotopic (exact) mass is 446 g/mol. The smallest absolute Gasteiger partial charge is 0.266 e. The summed E-state index contributed by atoms with van der Waals surface area (Å²) in [5.41, 5.74) is 3.51. The van der Waals surface area contributed by atoms with Crippen LogP contribution in [0.15, 0.2) is 65.7 Å². The van der Waals surface area contributed by atoms with Gasteiger partial charge in [-0.25, -0.2) is 9.37 Å². The molecule has 8 heteroatoms. The molecule has 0 spiro atoms. The van der Waals surface area contributed by atoms with Crippen LogP contribution in [0.25, 0.3) is 11.8 Å². The average Bonchev–Trinajstić information content (AvgIpc) is 3.27. The number of amides is 1. The average molecular weight is 446 g/mol. The fourth-order valence-electron chi connectivity index (χ4n) is 4.22. The molecule has 168 valence electrons. The summed E-state index contributed by atoms with van der Waals surface area (Å²) in [4.78, 5) is 23.3. The molecular formula is C25H23FN4O3. The molecule has 0 N–H and O–H groups in total. The van der Waals surface area contributed by atoms with Crippen LogP contribution < -0.4 is 4.74 Å². The van der Waals surface area contributed by atoms with Crippen molar-refractivity contribution < 1.29 is 18.7 Å². The van der Waals surface area contributed by atoms with E-state index >= 15 is 0 Å². The number of carbonyl (C=O) groups excluding carboxylic acids is 1. The molecule has 0 aliphatic carbocycles. The number of methoxy groups -OCH3 is 1. The van der Waals surface area contributed by atoms with Gasteiger partial charge in [-0.1, -0.05) is 18.2 Å². The fourth-order valence-corrected chi connectivity index (χ4v) is 4.22. The molecule has 33 heavy (non-hydrogen) atoms. The second-order valence-corrected chi connectivity index (χ2v) is 7.98. The quantitative estimate of drug-likeness (QED) is 0.606. The second-order valence-electron chi connectivity index (χ2n) is 7.98. The van der Waals surface area contributed by atoms with Crippen molar-refractivity contribution >= 4 is 17.8 Å². The van der Waals surface area contributed by atoms with Gasteiger partial charge in [0.15, 0.2) is 18.2 Å². The molecule has 1 atom stereocenters. The van der Waals surface area contributed by atoms with E-state index in [0.717, 1.165) is 22.5 Å². The largest absolute Gasteiger partial charge is 0.495 e. The van der Waals surface area contributed by atoms with Gasteiger partial charge in [0.2, 0.25) is 0 Å². The van der Waals surface area contributed by atoms with E-state index in [-0.39, 0.29) is 24.4 Å². The molecule has 0 bridgehead atoms. The Labute approximate surface area is 190 Å². The Morgan fingerprint density at radius 3 is 2.76 bits per heavy atom. The van der Waals surface area contributed by atoms with Gasteiger partial charge < -0.3 is 14.0 Å². The van der Waals surface area contributed by atoms with Crippen LogP contribution in [0.2, 0.25) is 0 Å². The molecule has 2 aliphatic heterocycles. The number of amidine groups is 1. The molecule has 3 aromatic rings. The molecule has 1 unspecified atom stereocenters. The summed E-state index contributed by atoms with van der Waals surface area (Å²) < 4.78 is 26.7. The molecule has 2 aliphatic rings. The van der Waals surface area contributed by atoms with E-state index in [1.165, 1.54) is 12.1 Å². The number of rotatable bonds is 4. The number of aromatic nitrogens is 2. The van der Waals surface area contributed by atoms with E-state index in [0.29, 0.717) is 30.3 Å². The lowest BCUT2D eigenvalue weighted by atomic mass is 9.98. The van der Waals surface area contributed by atoms with Gasteiger partial charge >= 0.3 is 0 Å². The standard InChI is InChI=1S/C25H23FN4O3/c1-16-13-29(15-28-16)21-8-3-17(11-22(21)32-2)12-23-25-27-10-9-20(30(25)24(31)14-33-23)18-4-6-19(26)7-5-18/h3-8,11-13,15,20H,9-10,14H2,1-2H3/b23-12-. The minimum atomic E-state index is -0.305. The van der Waals surface area contributed by atoms with Gasteiger partial charge in [-0.05, 0) is 54.8 Å². The van der Waals surface area contributed by atoms with Crippen LogP contribution in [-0.4, -0.2) is 46.5 Å². The minimum Gasteiger partial charge on any atom is -0.495 e. The highest BCUT2D eigenvalue weighted by atomic mass is 19.1. The van der Waals surface area contributed by atoms with E-state index in [9.17, 15) is 9.18 Å². The van der Waals surface area contributed by atoms with Gasteiger partial charge in [-0.2, -0.15) is 0 Å². The van der Waals surface area contributed by atoms with Crippen LogP contribution >= 0.6 is 0 Å². The molecule has 1 saturated heterocycles. The molecule has 7 nitrogen and oxygen atoms in total. The molecule has 5 rings (SSSR count). The van der Waals surface area contributed by atoms with E-state index < -0.39 is 0 Å².